The lowest BCUT2D eigenvalue weighted by atomic mass is 10.1. The maximum Gasteiger partial charge on any atom is 0.356 e. The summed E-state index contributed by atoms with van der Waals surface area (Å²) in [5, 5.41) is 15.0. The molecule has 0 saturated carbocycles. The lowest BCUT2D eigenvalue weighted by molar-refractivity contribution is 0.0593. The Bertz CT molecular complexity index is 2290. The molecule has 0 unspecified atom stereocenters. The Morgan fingerprint density at radius 3 is 1.72 bits per heavy atom. The third-order valence-electron chi connectivity index (χ3n) is 11.0. The molecule has 2 fully saturated rings. The Morgan fingerprint density at radius 2 is 1.23 bits per heavy atom. The summed E-state index contributed by atoms with van der Waals surface area (Å²) in [7, 11) is 1.31. The van der Waals surface area contributed by atoms with Gasteiger partial charge in [-0.25, -0.2) is 39.1 Å². The van der Waals surface area contributed by atoms with Gasteiger partial charge in [-0.05, 0) is 86.1 Å². The Balaban J connectivity index is 0.000000148. The quantitative estimate of drug-likeness (QED) is 0.247. The summed E-state index contributed by atoms with van der Waals surface area (Å²) in [6, 6.07) is 9.62. The number of hydrogen-bond donors (Lipinski definition) is 3. The highest BCUT2D eigenvalue weighted by Crippen LogP contribution is 2.41. The van der Waals surface area contributed by atoms with Crippen LogP contribution in [0.5, 0.6) is 11.5 Å². The summed E-state index contributed by atoms with van der Waals surface area (Å²) >= 11 is 0. The van der Waals surface area contributed by atoms with E-state index in [2.05, 4.69) is 40.4 Å². The Kier molecular flexibility index (Phi) is 9.30. The zero-order valence-electron chi connectivity index (χ0n) is 31.1. The summed E-state index contributed by atoms with van der Waals surface area (Å²) < 4.78 is 15.9. The van der Waals surface area contributed by atoms with Crippen molar-refractivity contribution in [3.05, 3.63) is 71.3 Å². The van der Waals surface area contributed by atoms with Crippen LogP contribution in [0.15, 0.2) is 48.8 Å². The zero-order chi connectivity index (χ0) is 39.2. The van der Waals surface area contributed by atoms with E-state index < -0.39 is 11.9 Å². The van der Waals surface area contributed by atoms with Crippen molar-refractivity contribution in [1.29, 1.82) is 0 Å². The highest BCUT2D eigenvalue weighted by Gasteiger charge is 2.42. The Labute approximate surface area is 326 Å². The molecule has 294 valence electrons. The van der Waals surface area contributed by atoms with Gasteiger partial charge in [0.25, 0.3) is 0 Å². The van der Waals surface area contributed by atoms with Crippen LogP contribution in [0.4, 0.5) is 44.2 Å². The van der Waals surface area contributed by atoms with Gasteiger partial charge >= 0.3 is 24.0 Å². The largest absolute Gasteiger partial charge is 0.492 e. The van der Waals surface area contributed by atoms with Crippen LogP contribution in [0.3, 0.4) is 0 Å². The van der Waals surface area contributed by atoms with E-state index >= 15 is 0 Å². The lowest BCUT2D eigenvalue weighted by Gasteiger charge is -2.35. The summed E-state index contributed by atoms with van der Waals surface area (Å²) in [5.41, 5.74) is 3.78. The first-order valence-electron chi connectivity index (χ1n) is 19.0. The predicted molar refractivity (Wildman–Crippen MR) is 207 cm³/mol. The van der Waals surface area contributed by atoms with E-state index in [1.54, 1.807) is 34.3 Å². The van der Waals surface area contributed by atoms with Crippen molar-refractivity contribution in [2.45, 2.75) is 50.6 Å². The van der Waals surface area contributed by atoms with Crippen LogP contribution in [0.25, 0.3) is 0 Å². The summed E-state index contributed by atoms with van der Waals surface area (Å²) in [4.78, 5) is 74.4. The molecule has 6 aliphatic rings. The first-order chi connectivity index (χ1) is 27.7. The average molecular weight is 777 g/mol. The fraction of sp³-hybridized carbons (Fsp3) is 0.385. The first-order valence-corrected chi connectivity index (χ1v) is 19.0. The summed E-state index contributed by atoms with van der Waals surface area (Å²) in [5.74, 6) is 1.66. The molecule has 10 rings (SSSR count). The Morgan fingerprint density at radius 1 is 0.737 bits per heavy atom. The number of amides is 4. The zero-order valence-corrected chi connectivity index (χ0v) is 31.1. The van der Waals surface area contributed by atoms with Crippen LogP contribution in [0.1, 0.15) is 57.8 Å². The number of urea groups is 2. The third kappa shape index (κ3) is 6.80. The second kappa shape index (κ2) is 14.7. The van der Waals surface area contributed by atoms with E-state index in [0.717, 1.165) is 92.2 Å². The molecule has 2 saturated heterocycles. The van der Waals surface area contributed by atoms with E-state index in [1.807, 2.05) is 18.2 Å². The lowest BCUT2D eigenvalue weighted by Crippen LogP contribution is -2.48. The number of aromatic carboxylic acids is 1. The molecule has 0 aromatic carbocycles. The molecule has 0 spiro atoms. The number of nitrogens with one attached hydrogen (secondary N) is 2. The van der Waals surface area contributed by atoms with E-state index in [4.69, 9.17) is 14.2 Å². The van der Waals surface area contributed by atoms with Crippen molar-refractivity contribution in [3.8, 4) is 11.5 Å². The van der Waals surface area contributed by atoms with Crippen LogP contribution in [-0.4, -0.2) is 108 Å². The van der Waals surface area contributed by atoms with Crippen LogP contribution in [0.2, 0.25) is 0 Å². The molecule has 18 nitrogen and oxygen atoms in total. The third-order valence-corrected chi connectivity index (χ3v) is 11.0. The number of carboxylic acids is 1. The number of ether oxygens (including phenoxy) is 3. The second-order valence-corrected chi connectivity index (χ2v) is 14.5. The van der Waals surface area contributed by atoms with Crippen molar-refractivity contribution in [1.82, 2.24) is 19.9 Å². The van der Waals surface area contributed by atoms with Gasteiger partial charge in [0.2, 0.25) is 0 Å². The van der Waals surface area contributed by atoms with Gasteiger partial charge in [-0.15, -0.1) is 0 Å². The molecule has 4 amide bonds. The molecule has 4 aromatic rings. The molecule has 4 bridgehead atoms. The number of carboxylic acid groups (broad SMARTS) is 1. The number of rotatable bonds is 4. The predicted octanol–water partition coefficient (Wildman–Crippen LogP) is 4.35. The van der Waals surface area contributed by atoms with Crippen LogP contribution < -0.4 is 39.7 Å². The molecule has 6 aliphatic heterocycles. The molecule has 2 atom stereocenters. The molecule has 57 heavy (non-hydrogen) atoms. The smallest absolute Gasteiger partial charge is 0.356 e. The van der Waals surface area contributed by atoms with Gasteiger partial charge in [0.05, 0.1) is 56.2 Å². The molecule has 18 heteroatoms. The molecule has 3 N–H and O–H groups in total. The SMILES string of the molecule is COC(=O)c1ccc2c(n1)N(C(=O)Nc1cc3c(cn1)OCCC3)[C@H]1CCN2C1.O=C(O)c1ccc2c(n1)N(C(=O)Nc1cc3c(cn1)OCCC3)[C@H]1CCN2C1. The van der Waals surface area contributed by atoms with E-state index in [9.17, 15) is 24.3 Å². The van der Waals surface area contributed by atoms with E-state index in [0.29, 0.717) is 43.0 Å². The van der Waals surface area contributed by atoms with Crippen molar-refractivity contribution in [3.63, 3.8) is 0 Å². The molecular formula is C39H40N10O8. The highest BCUT2D eigenvalue weighted by molar-refractivity contribution is 6.06. The number of pyridine rings is 4. The number of aromatic nitrogens is 4. The topological polar surface area (TPSA) is 205 Å². The average Bonchev–Trinajstić information content (AvgIpc) is 3.85. The van der Waals surface area contributed by atoms with Gasteiger partial charge in [0.15, 0.2) is 23.0 Å². The Hall–Kier alpha value is -6.72. The molecule has 0 aliphatic carbocycles. The number of nitrogens with zero attached hydrogens (tertiary/aromatic N) is 8. The van der Waals surface area contributed by atoms with Crippen molar-refractivity contribution in [2.24, 2.45) is 0 Å². The molecule has 10 heterocycles. The fourth-order valence-corrected chi connectivity index (χ4v) is 8.27. The summed E-state index contributed by atoms with van der Waals surface area (Å²) in [6.07, 6.45) is 8.58. The number of anilines is 6. The fourth-order valence-electron chi connectivity index (χ4n) is 8.27. The van der Waals surface area contributed by atoms with Gasteiger partial charge in [-0.3, -0.25) is 20.4 Å². The minimum atomic E-state index is -1.12. The number of methoxy groups -OCH3 is 1. The minimum Gasteiger partial charge on any atom is -0.492 e. The number of carbonyl (C=O) groups excluding carboxylic acids is 3. The van der Waals surface area contributed by atoms with Crippen molar-refractivity contribution in [2.75, 3.05) is 76.7 Å². The summed E-state index contributed by atoms with van der Waals surface area (Å²) in [6.45, 7) is 4.47. The van der Waals surface area contributed by atoms with Gasteiger partial charge in [-0.2, -0.15) is 0 Å². The number of aryl methyl sites for hydroxylation is 2. The van der Waals surface area contributed by atoms with Crippen LogP contribution in [-0.2, 0) is 17.6 Å². The van der Waals surface area contributed by atoms with Crippen LogP contribution >= 0.6 is 0 Å². The van der Waals surface area contributed by atoms with Crippen molar-refractivity contribution >= 4 is 58.6 Å². The van der Waals surface area contributed by atoms with Crippen LogP contribution in [0, 0.1) is 0 Å². The first kappa shape index (κ1) is 35.9. The second-order valence-electron chi connectivity index (χ2n) is 14.5. The minimum absolute atomic E-state index is 0.0103. The van der Waals surface area contributed by atoms with Gasteiger partial charge in [0.1, 0.15) is 23.1 Å². The van der Waals surface area contributed by atoms with Gasteiger partial charge in [-0.1, -0.05) is 0 Å². The maximum atomic E-state index is 13.2. The molecule has 0 radical (unpaired) electrons. The number of carbonyl (C=O) groups is 4. The maximum absolute atomic E-state index is 13.2. The molecular weight excluding hydrogens is 736 g/mol. The van der Waals surface area contributed by atoms with Gasteiger partial charge in [0, 0.05) is 26.2 Å². The van der Waals surface area contributed by atoms with Gasteiger partial charge < -0.3 is 29.1 Å². The standard InChI is InChI=1S/C20H21N5O4.C19H19N5O4/c1-28-19(26)14-4-5-15-18(22-14)25(13-6-7-24(15)11-13)20(27)23-17-9-12-3-2-8-29-16(12)10-21-17;25-18(26)13-3-4-14-17(21-13)24(12-5-6-23(14)10-12)19(27)22-16-8-11-2-1-7-28-15(11)9-20-16/h4-5,9-10,13H,2-3,6-8,11H2,1H3,(H,21,23,27);3-4,8-9,12H,1-2,5-7,10H2,(H,25,26)(H,20,22,27)/t13-;12-/m00/s1. The number of fused-ring (bicyclic) bond motifs is 10. The molecule has 4 aromatic heterocycles. The van der Waals surface area contributed by atoms with Crippen molar-refractivity contribution < 1.29 is 38.5 Å². The van der Waals surface area contributed by atoms with E-state index in [-0.39, 0.29) is 35.5 Å². The number of hydrogen-bond acceptors (Lipinski definition) is 13. The monoisotopic (exact) mass is 776 g/mol. The highest BCUT2D eigenvalue weighted by atomic mass is 16.5. The normalized spacial score (nSPS) is 19.3. The number of esters is 1. The van der Waals surface area contributed by atoms with E-state index in [1.165, 1.54) is 13.2 Å².